The van der Waals surface area contributed by atoms with E-state index in [4.69, 9.17) is 5.26 Å². The fraction of sp³-hybridized carbons (Fsp3) is 0.100. The Balaban J connectivity index is 1.87. The monoisotopic (exact) mass is 317 g/mol. The van der Waals surface area contributed by atoms with Gasteiger partial charge in [-0.05, 0) is 35.9 Å². The molecule has 0 aliphatic carbocycles. The van der Waals surface area contributed by atoms with E-state index in [1.807, 2.05) is 54.6 Å². The zero-order chi connectivity index (χ0) is 16.8. The summed E-state index contributed by atoms with van der Waals surface area (Å²) < 4.78 is 14.0. The van der Waals surface area contributed by atoms with E-state index in [0.717, 1.165) is 11.3 Å². The maximum atomic E-state index is 14.0. The topological polar surface area (TPSA) is 48.7 Å². The fourth-order valence-corrected chi connectivity index (χ4v) is 2.58. The molecule has 3 rings (SSSR count). The van der Waals surface area contributed by atoms with Gasteiger partial charge in [0, 0.05) is 18.3 Å². The molecule has 118 valence electrons. The fourth-order valence-electron chi connectivity index (χ4n) is 2.58. The molecular formula is C20H16FN3. The largest absolute Gasteiger partial charge is 0.301 e. The summed E-state index contributed by atoms with van der Waals surface area (Å²) in [4.78, 5) is 4.42. The van der Waals surface area contributed by atoms with Crippen LogP contribution in [0.1, 0.15) is 28.4 Å². The second-order valence-corrected chi connectivity index (χ2v) is 5.40. The smallest absolute Gasteiger partial charge is 0.127 e. The van der Waals surface area contributed by atoms with Crippen molar-refractivity contribution in [2.45, 2.75) is 12.6 Å². The predicted molar refractivity (Wildman–Crippen MR) is 90.5 cm³/mol. The van der Waals surface area contributed by atoms with Crippen LogP contribution in [0.3, 0.4) is 0 Å². The Hall–Kier alpha value is -3.03. The van der Waals surface area contributed by atoms with Crippen molar-refractivity contribution in [3.8, 4) is 6.07 Å². The van der Waals surface area contributed by atoms with Gasteiger partial charge < -0.3 is 5.32 Å². The molecule has 0 saturated carbocycles. The van der Waals surface area contributed by atoms with Gasteiger partial charge in [-0.3, -0.25) is 4.98 Å². The molecule has 1 aromatic heterocycles. The Labute approximate surface area is 140 Å². The zero-order valence-corrected chi connectivity index (χ0v) is 13.0. The van der Waals surface area contributed by atoms with Gasteiger partial charge in [-0.2, -0.15) is 5.26 Å². The van der Waals surface area contributed by atoms with E-state index in [1.54, 1.807) is 12.3 Å². The second kappa shape index (κ2) is 7.49. The molecule has 1 atom stereocenters. The van der Waals surface area contributed by atoms with Crippen LogP contribution in [0.5, 0.6) is 0 Å². The van der Waals surface area contributed by atoms with E-state index in [1.165, 1.54) is 12.1 Å². The first-order valence-electron chi connectivity index (χ1n) is 7.65. The standard InChI is InChI=1S/C20H16FN3/c21-18-10-9-15(13-22)12-17(18)14-24-20(16-6-2-1-3-7-16)19-8-4-5-11-23-19/h1-12,20,24H,14H2/t20-/m1/s1. The number of benzene rings is 2. The Bertz CT molecular complexity index is 802. The van der Waals surface area contributed by atoms with Gasteiger partial charge in [-0.25, -0.2) is 4.39 Å². The van der Waals surface area contributed by atoms with Gasteiger partial charge in [0.2, 0.25) is 0 Å². The third kappa shape index (κ3) is 3.65. The molecule has 4 heteroatoms. The van der Waals surface area contributed by atoms with Crippen LogP contribution in [0.4, 0.5) is 4.39 Å². The van der Waals surface area contributed by atoms with Crippen molar-refractivity contribution in [1.82, 2.24) is 10.3 Å². The van der Waals surface area contributed by atoms with Gasteiger partial charge in [-0.15, -0.1) is 0 Å². The van der Waals surface area contributed by atoms with E-state index in [9.17, 15) is 4.39 Å². The van der Waals surface area contributed by atoms with Crippen LogP contribution in [0.2, 0.25) is 0 Å². The summed E-state index contributed by atoms with van der Waals surface area (Å²) in [6, 6.07) is 21.9. The lowest BCUT2D eigenvalue weighted by Crippen LogP contribution is -2.23. The summed E-state index contributed by atoms with van der Waals surface area (Å²) in [5.74, 6) is -0.325. The normalized spacial score (nSPS) is 11.7. The molecule has 1 heterocycles. The molecule has 3 aromatic rings. The molecule has 0 spiro atoms. The molecule has 0 fully saturated rings. The summed E-state index contributed by atoms with van der Waals surface area (Å²) in [6.07, 6.45) is 1.74. The van der Waals surface area contributed by atoms with Crippen LogP contribution in [-0.2, 0) is 6.54 Å². The van der Waals surface area contributed by atoms with E-state index in [2.05, 4.69) is 10.3 Å². The highest BCUT2D eigenvalue weighted by molar-refractivity contribution is 5.34. The van der Waals surface area contributed by atoms with E-state index in [0.29, 0.717) is 17.7 Å². The summed E-state index contributed by atoms with van der Waals surface area (Å²) in [5.41, 5.74) is 2.82. The third-order valence-corrected chi connectivity index (χ3v) is 3.79. The molecule has 0 radical (unpaired) electrons. The lowest BCUT2D eigenvalue weighted by molar-refractivity contribution is 0.554. The molecule has 0 unspecified atom stereocenters. The van der Waals surface area contributed by atoms with Crippen molar-refractivity contribution in [1.29, 1.82) is 5.26 Å². The Morgan fingerprint density at radius 1 is 1.04 bits per heavy atom. The average Bonchev–Trinajstić information content (AvgIpc) is 2.65. The van der Waals surface area contributed by atoms with Crippen LogP contribution in [0, 0.1) is 17.1 Å². The maximum absolute atomic E-state index is 14.0. The van der Waals surface area contributed by atoms with Crippen LogP contribution in [-0.4, -0.2) is 4.98 Å². The minimum atomic E-state index is -0.325. The van der Waals surface area contributed by atoms with E-state index >= 15 is 0 Å². The van der Waals surface area contributed by atoms with Crippen LogP contribution in [0.25, 0.3) is 0 Å². The van der Waals surface area contributed by atoms with Crippen LogP contribution >= 0.6 is 0 Å². The quantitative estimate of drug-likeness (QED) is 0.774. The highest BCUT2D eigenvalue weighted by atomic mass is 19.1. The summed E-state index contributed by atoms with van der Waals surface area (Å²) >= 11 is 0. The van der Waals surface area contributed by atoms with Crippen LogP contribution < -0.4 is 5.32 Å². The van der Waals surface area contributed by atoms with Gasteiger partial charge in [0.1, 0.15) is 5.82 Å². The van der Waals surface area contributed by atoms with Crippen molar-refractivity contribution < 1.29 is 4.39 Å². The molecule has 0 aliphatic heterocycles. The first-order chi connectivity index (χ1) is 11.8. The Morgan fingerprint density at radius 2 is 1.83 bits per heavy atom. The number of nitrogens with one attached hydrogen (secondary N) is 1. The SMILES string of the molecule is N#Cc1ccc(F)c(CN[C@H](c2ccccc2)c2ccccn2)c1. The van der Waals surface area contributed by atoms with Crippen LogP contribution in [0.15, 0.2) is 72.9 Å². The number of nitriles is 1. The molecule has 0 bridgehead atoms. The van der Waals surface area contributed by atoms with Crippen molar-refractivity contribution >= 4 is 0 Å². The van der Waals surface area contributed by atoms with Gasteiger partial charge >= 0.3 is 0 Å². The number of halogens is 1. The number of aromatic nitrogens is 1. The summed E-state index contributed by atoms with van der Waals surface area (Å²) in [6.45, 7) is 0.303. The van der Waals surface area contributed by atoms with Crippen molar-refractivity contribution in [2.75, 3.05) is 0 Å². The number of pyridine rings is 1. The molecule has 0 saturated heterocycles. The van der Waals surface area contributed by atoms with Crippen molar-refractivity contribution in [3.63, 3.8) is 0 Å². The summed E-state index contributed by atoms with van der Waals surface area (Å²) in [5, 5.41) is 12.3. The van der Waals surface area contributed by atoms with E-state index in [-0.39, 0.29) is 11.9 Å². The molecule has 0 amide bonds. The van der Waals surface area contributed by atoms with Crippen molar-refractivity contribution in [3.05, 3.63) is 101 Å². The Kier molecular flexibility index (Phi) is 4.95. The van der Waals surface area contributed by atoms with Gasteiger partial charge in [0.05, 0.1) is 23.4 Å². The number of hydrogen-bond acceptors (Lipinski definition) is 3. The first kappa shape index (κ1) is 15.9. The highest BCUT2D eigenvalue weighted by Crippen LogP contribution is 2.21. The molecule has 3 nitrogen and oxygen atoms in total. The Morgan fingerprint density at radius 3 is 2.54 bits per heavy atom. The lowest BCUT2D eigenvalue weighted by atomic mass is 10.0. The summed E-state index contributed by atoms with van der Waals surface area (Å²) in [7, 11) is 0. The zero-order valence-electron chi connectivity index (χ0n) is 13.0. The predicted octanol–water partition coefficient (Wildman–Crippen LogP) is 3.97. The molecular weight excluding hydrogens is 301 g/mol. The third-order valence-electron chi connectivity index (χ3n) is 3.79. The number of nitrogens with zero attached hydrogens (tertiary/aromatic N) is 2. The molecule has 2 aromatic carbocycles. The van der Waals surface area contributed by atoms with Gasteiger partial charge in [0.15, 0.2) is 0 Å². The molecule has 0 aliphatic rings. The lowest BCUT2D eigenvalue weighted by Gasteiger charge is -2.19. The highest BCUT2D eigenvalue weighted by Gasteiger charge is 2.15. The van der Waals surface area contributed by atoms with Gasteiger partial charge in [0.25, 0.3) is 0 Å². The minimum absolute atomic E-state index is 0.155. The first-order valence-corrected chi connectivity index (χ1v) is 7.65. The average molecular weight is 317 g/mol. The molecule has 1 N–H and O–H groups in total. The number of rotatable bonds is 5. The van der Waals surface area contributed by atoms with E-state index < -0.39 is 0 Å². The maximum Gasteiger partial charge on any atom is 0.127 e. The number of hydrogen-bond donors (Lipinski definition) is 1. The molecule has 24 heavy (non-hydrogen) atoms. The minimum Gasteiger partial charge on any atom is -0.301 e. The van der Waals surface area contributed by atoms with Crippen molar-refractivity contribution in [2.24, 2.45) is 0 Å². The van der Waals surface area contributed by atoms with Gasteiger partial charge in [-0.1, -0.05) is 36.4 Å². The second-order valence-electron chi connectivity index (χ2n) is 5.40.